The first-order chi connectivity index (χ1) is 24.6. The topological polar surface area (TPSA) is 86.5 Å². The van der Waals surface area contributed by atoms with Gasteiger partial charge in [0, 0.05) is 50.9 Å². The number of allylic oxidation sites excluding steroid dienone is 2. The lowest BCUT2D eigenvalue weighted by molar-refractivity contribution is -0.121. The molecule has 0 aromatic rings. The third-order valence-corrected chi connectivity index (χ3v) is 10.4. The summed E-state index contributed by atoms with van der Waals surface area (Å²) in [5.41, 5.74) is 0. The Balaban J connectivity index is 1.33. The van der Waals surface area contributed by atoms with Crippen LogP contribution in [-0.2, 0) is 19.1 Å². The van der Waals surface area contributed by atoms with E-state index in [9.17, 15) is 9.59 Å². The summed E-state index contributed by atoms with van der Waals surface area (Å²) in [7, 11) is 0. The number of ether oxygens (including phenoxy) is 2. The Morgan fingerprint density at radius 2 is 1.00 bits per heavy atom. The van der Waals surface area contributed by atoms with Crippen molar-refractivity contribution < 1.29 is 19.1 Å². The van der Waals surface area contributed by atoms with Gasteiger partial charge in [-0.05, 0) is 64.2 Å². The number of nitrogens with zero attached hydrogens (tertiary/aromatic N) is 1. The van der Waals surface area contributed by atoms with Crippen LogP contribution < -0.4 is 10.6 Å². The number of nitrogens with one attached hydrogen (secondary N) is 2. The predicted octanol–water partition coefficient (Wildman–Crippen LogP) is 9.97. The highest BCUT2D eigenvalue weighted by molar-refractivity contribution is 9.09. The molecule has 0 aromatic heterocycles. The third-order valence-electron chi connectivity index (χ3n) is 10.1. The fourth-order valence-corrected chi connectivity index (χ4v) is 7.16. The lowest BCUT2D eigenvalue weighted by Crippen LogP contribution is -2.40. The zero-order valence-electron chi connectivity index (χ0n) is 32.3. The first-order valence-electron chi connectivity index (χ1n) is 21.0. The van der Waals surface area contributed by atoms with Crippen LogP contribution >= 0.6 is 15.9 Å². The Kier molecular flexibility index (Phi) is 28.1. The van der Waals surface area contributed by atoms with E-state index in [0.29, 0.717) is 50.3 Å². The standard InChI is InChI=1S/C42H76BrN3O4/c1-3-5-19-25-37-39(49-37)27-21-15-11-7-9-13-17-23-29-41(47)44-32-35-46(34-31-43)36-33-45-42(48)30-24-18-14-10-8-12-16-22-28-40-38(50-40)26-20-6-4-2/h15-16,21-22,37-40H,3-14,17-20,23-36H2,1-2H3,(H,44,47)(H,45,48). The number of carbonyl (C=O) groups excluding carboxylic acids is 2. The molecule has 7 nitrogen and oxygen atoms in total. The van der Waals surface area contributed by atoms with Gasteiger partial charge in [-0.15, -0.1) is 0 Å². The summed E-state index contributed by atoms with van der Waals surface area (Å²) >= 11 is 3.54. The van der Waals surface area contributed by atoms with E-state index in [1.54, 1.807) is 0 Å². The number of amides is 2. The van der Waals surface area contributed by atoms with E-state index in [0.717, 1.165) is 76.3 Å². The summed E-state index contributed by atoms with van der Waals surface area (Å²) in [5.74, 6) is 0.309. The molecule has 8 heteroatoms. The van der Waals surface area contributed by atoms with Crippen molar-refractivity contribution >= 4 is 27.7 Å². The zero-order chi connectivity index (χ0) is 35.9. The van der Waals surface area contributed by atoms with Gasteiger partial charge in [0.05, 0.1) is 24.4 Å². The maximum Gasteiger partial charge on any atom is 0.220 e. The molecule has 2 rings (SSSR count). The molecule has 2 aliphatic rings. The van der Waals surface area contributed by atoms with Gasteiger partial charge in [-0.1, -0.05) is 131 Å². The van der Waals surface area contributed by atoms with E-state index in [-0.39, 0.29) is 11.8 Å². The van der Waals surface area contributed by atoms with Crippen LogP contribution in [0.5, 0.6) is 0 Å². The number of unbranched alkanes of at least 4 members (excludes halogenated alkanes) is 14. The number of rotatable bonds is 36. The molecule has 0 saturated carbocycles. The van der Waals surface area contributed by atoms with Gasteiger partial charge in [0.15, 0.2) is 0 Å². The molecule has 2 amide bonds. The van der Waals surface area contributed by atoms with Crippen LogP contribution in [0.3, 0.4) is 0 Å². The minimum atomic E-state index is 0.154. The fraction of sp³-hybridized carbons (Fsp3) is 0.857. The van der Waals surface area contributed by atoms with E-state index in [2.05, 4.69) is 69.6 Å². The molecular weight excluding hydrogens is 690 g/mol. The summed E-state index contributed by atoms with van der Waals surface area (Å²) in [6, 6.07) is 0. The molecule has 4 unspecified atom stereocenters. The number of halogens is 1. The van der Waals surface area contributed by atoms with Gasteiger partial charge in [-0.25, -0.2) is 0 Å². The molecular formula is C42H76BrN3O4. The van der Waals surface area contributed by atoms with Crippen molar-refractivity contribution in [2.75, 3.05) is 38.1 Å². The third kappa shape index (κ3) is 25.7. The van der Waals surface area contributed by atoms with Gasteiger partial charge in [0.2, 0.25) is 11.8 Å². The Morgan fingerprint density at radius 3 is 1.44 bits per heavy atom. The summed E-state index contributed by atoms with van der Waals surface area (Å²) in [4.78, 5) is 26.9. The Labute approximate surface area is 316 Å². The van der Waals surface area contributed by atoms with Crippen LogP contribution in [0, 0.1) is 0 Å². The van der Waals surface area contributed by atoms with Gasteiger partial charge in [0.1, 0.15) is 0 Å². The molecule has 0 aliphatic carbocycles. The molecule has 2 fully saturated rings. The van der Waals surface area contributed by atoms with E-state index in [1.165, 1.54) is 89.9 Å². The average molecular weight is 767 g/mol. The van der Waals surface area contributed by atoms with Crippen LogP contribution in [0.2, 0.25) is 0 Å². The zero-order valence-corrected chi connectivity index (χ0v) is 33.9. The van der Waals surface area contributed by atoms with Crippen molar-refractivity contribution in [1.29, 1.82) is 0 Å². The molecule has 0 spiro atoms. The molecule has 0 aromatic carbocycles. The highest BCUT2D eigenvalue weighted by atomic mass is 79.9. The maximum atomic E-state index is 12.3. The van der Waals surface area contributed by atoms with Crippen LogP contribution in [0.4, 0.5) is 0 Å². The van der Waals surface area contributed by atoms with Crippen LogP contribution in [-0.4, -0.2) is 79.2 Å². The van der Waals surface area contributed by atoms with Crippen molar-refractivity contribution in [2.24, 2.45) is 0 Å². The number of carbonyl (C=O) groups is 2. The molecule has 50 heavy (non-hydrogen) atoms. The summed E-state index contributed by atoms with van der Waals surface area (Å²) < 4.78 is 11.5. The van der Waals surface area contributed by atoms with E-state index < -0.39 is 0 Å². The van der Waals surface area contributed by atoms with Crippen molar-refractivity contribution in [2.45, 2.75) is 192 Å². The minimum absolute atomic E-state index is 0.154. The van der Waals surface area contributed by atoms with E-state index in [4.69, 9.17) is 9.47 Å². The van der Waals surface area contributed by atoms with Crippen molar-refractivity contribution in [3.05, 3.63) is 24.3 Å². The average Bonchev–Trinajstić information content (AvgIpc) is 4.04. The number of hydrogen-bond donors (Lipinski definition) is 2. The monoisotopic (exact) mass is 766 g/mol. The van der Waals surface area contributed by atoms with E-state index in [1.807, 2.05) is 0 Å². The number of alkyl halides is 1. The molecule has 2 heterocycles. The highest BCUT2D eigenvalue weighted by Crippen LogP contribution is 2.31. The molecule has 0 radical (unpaired) electrons. The molecule has 4 atom stereocenters. The predicted molar refractivity (Wildman–Crippen MR) is 214 cm³/mol. The number of epoxide rings is 2. The number of hydrogen-bond acceptors (Lipinski definition) is 5. The maximum absolute atomic E-state index is 12.3. The van der Waals surface area contributed by atoms with Gasteiger partial charge >= 0.3 is 0 Å². The summed E-state index contributed by atoms with van der Waals surface area (Å²) in [6.07, 6.45) is 38.7. The largest absolute Gasteiger partial charge is 0.369 e. The van der Waals surface area contributed by atoms with Crippen LogP contribution in [0.1, 0.15) is 168 Å². The second-order valence-electron chi connectivity index (χ2n) is 14.7. The second-order valence-corrected chi connectivity index (χ2v) is 15.5. The quantitative estimate of drug-likeness (QED) is 0.0287. The first-order valence-corrected chi connectivity index (χ1v) is 22.1. The Hall–Kier alpha value is -1.22. The SMILES string of the molecule is CCCCCC1OC1CC=CCCCCCCCC(=O)NCCN(CCBr)CCNC(=O)CCCCCCCC=CCC1OC1CCCCC. The minimum Gasteiger partial charge on any atom is -0.369 e. The van der Waals surface area contributed by atoms with Gasteiger partial charge in [-0.3, -0.25) is 14.5 Å². The smallest absolute Gasteiger partial charge is 0.220 e. The highest BCUT2D eigenvalue weighted by Gasteiger charge is 2.37. The normalized spacial score (nSPS) is 19.9. The molecule has 0 bridgehead atoms. The van der Waals surface area contributed by atoms with Crippen molar-refractivity contribution in [3.63, 3.8) is 0 Å². The van der Waals surface area contributed by atoms with Crippen molar-refractivity contribution in [3.8, 4) is 0 Å². The Bertz CT molecular complexity index is 832. The second kappa shape index (κ2) is 31.3. The first kappa shape index (κ1) is 44.9. The van der Waals surface area contributed by atoms with Crippen LogP contribution in [0.15, 0.2) is 24.3 Å². The summed E-state index contributed by atoms with van der Waals surface area (Å²) in [5, 5.41) is 7.06. The lowest BCUT2D eigenvalue weighted by Gasteiger charge is -2.21. The molecule has 290 valence electrons. The summed E-state index contributed by atoms with van der Waals surface area (Å²) in [6.45, 7) is 8.31. The van der Waals surface area contributed by atoms with Gasteiger partial charge < -0.3 is 20.1 Å². The van der Waals surface area contributed by atoms with Gasteiger partial charge in [0.25, 0.3) is 0 Å². The van der Waals surface area contributed by atoms with Crippen molar-refractivity contribution in [1.82, 2.24) is 15.5 Å². The molecule has 2 N–H and O–H groups in total. The van der Waals surface area contributed by atoms with Crippen LogP contribution in [0.25, 0.3) is 0 Å². The fourth-order valence-electron chi connectivity index (χ4n) is 6.66. The van der Waals surface area contributed by atoms with E-state index >= 15 is 0 Å². The lowest BCUT2D eigenvalue weighted by atomic mass is 10.1. The Morgan fingerprint density at radius 1 is 0.560 bits per heavy atom. The molecule has 2 saturated heterocycles. The molecule has 2 aliphatic heterocycles. The van der Waals surface area contributed by atoms with Gasteiger partial charge in [-0.2, -0.15) is 0 Å².